The smallest absolute Gasteiger partial charge is 0.245 e. The number of hydrogen-bond donors (Lipinski definition) is 1. The van der Waals surface area contributed by atoms with Crippen LogP contribution in [0.1, 0.15) is 58.6 Å². The van der Waals surface area contributed by atoms with Crippen molar-refractivity contribution < 1.29 is 4.79 Å². The van der Waals surface area contributed by atoms with E-state index in [1.807, 2.05) is 30.3 Å². The molecule has 3 atom stereocenters. The Morgan fingerprint density at radius 1 is 1.14 bits per heavy atom. The zero-order chi connectivity index (χ0) is 15.4. The zero-order valence-electron chi connectivity index (χ0n) is 13.7. The molecule has 0 saturated carbocycles. The van der Waals surface area contributed by atoms with E-state index in [1.54, 1.807) is 0 Å². The molecular formula is C18H28N2O. The minimum absolute atomic E-state index is 0.157. The maximum absolute atomic E-state index is 12.8. The molecule has 3 heteroatoms. The van der Waals surface area contributed by atoms with E-state index in [1.165, 1.54) is 0 Å². The monoisotopic (exact) mass is 288 g/mol. The SMILES string of the molecule is CCC1NC(c2ccccc2)C(=O)N1C(C)CCC(C)C. The predicted molar refractivity (Wildman–Crippen MR) is 86.8 cm³/mol. The maximum Gasteiger partial charge on any atom is 0.245 e. The number of carbonyl (C=O) groups is 1. The van der Waals surface area contributed by atoms with Crippen LogP contribution in [0.3, 0.4) is 0 Å². The summed E-state index contributed by atoms with van der Waals surface area (Å²) in [6.07, 6.45) is 3.34. The highest BCUT2D eigenvalue weighted by Crippen LogP contribution is 2.28. The van der Waals surface area contributed by atoms with Gasteiger partial charge in [-0.25, -0.2) is 0 Å². The zero-order valence-corrected chi connectivity index (χ0v) is 13.7. The Morgan fingerprint density at radius 3 is 2.38 bits per heavy atom. The second kappa shape index (κ2) is 7.08. The van der Waals surface area contributed by atoms with Gasteiger partial charge in [-0.1, -0.05) is 51.1 Å². The summed E-state index contributed by atoms with van der Waals surface area (Å²) in [4.78, 5) is 14.9. The molecule has 2 rings (SSSR count). The lowest BCUT2D eigenvalue weighted by Crippen LogP contribution is -2.43. The van der Waals surface area contributed by atoms with Crippen LogP contribution in [0.2, 0.25) is 0 Å². The van der Waals surface area contributed by atoms with Crippen molar-refractivity contribution in [3.63, 3.8) is 0 Å². The van der Waals surface area contributed by atoms with Gasteiger partial charge in [-0.3, -0.25) is 10.1 Å². The van der Waals surface area contributed by atoms with Crippen LogP contribution in [-0.4, -0.2) is 23.0 Å². The summed E-state index contributed by atoms with van der Waals surface area (Å²) in [7, 11) is 0. The van der Waals surface area contributed by atoms with Gasteiger partial charge in [0.05, 0.1) is 6.17 Å². The fourth-order valence-electron chi connectivity index (χ4n) is 3.08. The van der Waals surface area contributed by atoms with E-state index < -0.39 is 0 Å². The van der Waals surface area contributed by atoms with Gasteiger partial charge in [0.15, 0.2) is 0 Å². The van der Waals surface area contributed by atoms with Crippen molar-refractivity contribution in [2.45, 2.75) is 65.2 Å². The number of nitrogens with one attached hydrogen (secondary N) is 1. The highest BCUT2D eigenvalue weighted by Gasteiger charge is 2.40. The molecule has 3 unspecified atom stereocenters. The van der Waals surface area contributed by atoms with Gasteiger partial charge in [0.1, 0.15) is 6.04 Å². The normalized spacial score (nSPS) is 23.9. The predicted octanol–water partition coefficient (Wildman–Crippen LogP) is 3.72. The number of amides is 1. The fourth-order valence-corrected chi connectivity index (χ4v) is 3.08. The first-order chi connectivity index (χ1) is 10.0. The number of rotatable bonds is 6. The van der Waals surface area contributed by atoms with Crippen LogP contribution < -0.4 is 5.32 Å². The quantitative estimate of drug-likeness (QED) is 0.865. The first kappa shape index (κ1) is 16.0. The minimum Gasteiger partial charge on any atom is -0.323 e. The molecule has 0 radical (unpaired) electrons. The Bertz CT molecular complexity index is 458. The van der Waals surface area contributed by atoms with Gasteiger partial charge in [-0.05, 0) is 37.7 Å². The van der Waals surface area contributed by atoms with Crippen LogP contribution in [-0.2, 0) is 4.79 Å². The Balaban J connectivity index is 2.12. The van der Waals surface area contributed by atoms with Crippen LogP contribution in [0.4, 0.5) is 0 Å². The molecule has 1 amide bonds. The van der Waals surface area contributed by atoms with Gasteiger partial charge in [0.2, 0.25) is 5.91 Å². The molecule has 1 aromatic rings. The molecule has 3 nitrogen and oxygen atoms in total. The Hall–Kier alpha value is -1.35. The molecule has 21 heavy (non-hydrogen) atoms. The molecule has 1 heterocycles. The number of hydrogen-bond acceptors (Lipinski definition) is 2. The molecule has 1 aromatic carbocycles. The molecule has 0 aliphatic carbocycles. The maximum atomic E-state index is 12.8. The Kier molecular flexibility index (Phi) is 5.40. The second-order valence-corrected chi connectivity index (χ2v) is 6.50. The van der Waals surface area contributed by atoms with Gasteiger partial charge < -0.3 is 4.90 Å². The van der Waals surface area contributed by atoms with Crippen molar-refractivity contribution >= 4 is 5.91 Å². The standard InChI is InChI=1S/C18H28N2O/c1-5-16-19-17(15-9-7-6-8-10-15)18(21)20(16)14(4)12-11-13(2)3/h6-10,13-14,16-17,19H,5,11-12H2,1-4H3. The van der Waals surface area contributed by atoms with Crippen LogP contribution >= 0.6 is 0 Å². The van der Waals surface area contributed by atoms with Crippen molar-refractivity contribution in [1.82, 2.24) is 10.2 Å². The van der Waals surface area contributed by atoms with Gasteiger partial charge in [-0.2, -0.15) is 0 Å². The van der Waals surface area contributed by atoms with Crippen molar-refractivity contribution in [2.24, 2.45) is 5.92 Å². The van der Waals surface area contributed by atoms with Crippen molar-refractivity contribution in [2.75, 3.05) is 0 Å². The highest BCUT2D eigenvalue weighted by atomic mass is 16.2. The Labute approximate surface area is 128 Å². The lowest BCUT2D eigenvalue weighted by Gasteiger charge is -2.30. The third kappa shape index (κ3) is 3.65. The molecule has 1 saturated heterocycles. The number of benzene rings is 1. The fraction of sp³-hybridized carbons (Fsp3) is 0.611. The lowest BCUT2D eigenvalue weighted by atomic mass is 10.0. The van der Waals surface area contributed by atoms with E-state index >= 15 is 0 Å². The van der Waals surface area contributed by atoms with Crippen molar-refractivity contribution in [1.29, 1.82) is 0 Å². The molecule has 116 valence electrons. The Morgan fingerprint density at radius 2 is 1.81 bits per heavy atom. The van der Waals surface area contributed by atoms with Gasteiger partial charge in [0, 0.05) is 6.04 Å². The van der Waals surface area contributed by atoms with Gasteiger partial charge >= 0.3 is 0 Å². The van der Waals surface area contributed by atoms with Crippen LogP contribution in [0, 0.1) is 5.92 Å². The molecule has 1 aliphatic rings. The molecule has 0 bridgehead atoms. The van der Waals surface area contributed by atoms with E-state index in [-0.39, 0.29) is 18.1 Å². The average molecular weight is 288 g/mol. The van der Waals surface area contributed by atoms with Crippen molar-refractivity contribution in [3.05, 3.63) is 35.9 Å². The third-order valence-corrected chi connectivity index (χ3v) is 4.35. The van der Waals surface area contributed by atoms with E-state index in [2.05, 4.69) is 37.9 Å². The molecule has 0 spiro atoms. The van der Waals surface area contributed by atoms with Crippen LogP contribution in [0.25, 0.3) is 0 Å². The number of nitrogens with zero attached hydrogens (tertiary/aromatic N) is 1. The van der Waals surface area contributed by atoms with Gasteiger partial charge in [0.25, 0.3) is 0 Å². The second-order valence-electron chi connectivity index (χ2n) is 6.50. The summed E-state index contributed by atoms with van der Waals surface area (Å²) >= 11 is 0. The van der Waals surface area contributed by atoms with Crippen LogP contribution in [0.5, 0.6) is 0 Å². The summed E-state index contributed by atoms with van der Waals surface area (Å²) in [6, 6.07) is 10.2. The van der Waals surface area contributed by atoms with Gasteiger partial charge in [-0.15, -0.1) is 0 Å². The summed E-state index contributed by atoms with van der Waals surface area (Å²) in [6.45, 7) is 8.79. The summed E-state index contributed by atoms with van der Waals surface area (Å²) < 4.78 is 0. The van der Waals surface area contributed by atoms with Crippen molar-refractivity contribution in [3.8, 4) is 0 Å². The van der Waals surface area contributed by atoms with E-state index in [0.29, 0.717) is 12.0 Å². The van der Waals surface area contributed by atoms with E-state index in [4.69, 9.17) is 0 Å². The summed E-state index contributed by atoms with van der Waals surface area (Å²) in [5.74, 6) is 0.910. The third-order valence-electron chi connectivity index (χ3n) is 4.35. The van der Waals surface area contributed by atoms with E-state index in [9.17, 15) is 4.79 Å². The molecule has 1 fully saturated rings. The molecule has 1 aliphatic heterocycles. The summed E-state index contributed by atoms with van der Waals surface area (Å²) in [5.41, 5.74) is 1.07. The first-order valence-electron chi connectivity index (χ1n) is 8.17. The number of carbonyl (C=O) groups excluding carboxylic acids is 1. The minimum atomic E-state index is -0.183. The lowest BCUT2D eigenvalue weighted by molar-refractivity contribution is -0.132. The summed E-state index contributed by atoms with van der Waals surface area (Å²) in [5, 5.41) is 3.50. The van der Waals surface area contributed by atoms with E-state index in [0.717, 1.165) is 24.8 Å². The van der Waals surface area contributed by atoms with Crippen LogP contribution in [0.15, 0.2) is 30.3 Å². The average Bonchev–Trinajstić information content (AvgIpc) is 2.82. The molecule has 1 N–H and O–H groups in total. The first-order valence-corrected chi connectivity index (χ1v) is 8.17. The topological polar surface area (TPSA) is 32.3 Å². The highest BCUT2D eigenvalue weighted by molar-refractivity contribution is 5.86. The largest absolute Gasteiger partial charge is 0.323 e. The molecular weight excluding hydrogens is 260 g/mol. The molecule has 0 aromatic heterocycles.